The largest absolute Gasteiger partial charge is 0.489 e. The van der Waals surface area contributed by atoms with Gasteiger partial charge >= 0.3 is 0 Å². The summed E-state index contributed by atoms with van der Waals surface area (Å²) in [5.74, 6) is -0.0163. The number of rotatable bonds is 10. The van der Waals surface area contributed by atoms with E-state index in [0.717, 1.165) is 19.1 Å². The maximum Gasteiger partial charge on any atom is 0.264 e. The molecule has 3 aromatic rings. The Hall–Kier alpha value is -3.50. The predicted molar refractivity (Wildman–Crippen MR) is 131 cm³/mol. The number of aliphatic hydroxyl groups excluding tert-OH is 1. The minimum Gasteiger partial charge on any atom is -0.489 e. The molecule has 1 aliphatic carbocycles. The van der Waals surface area contributed by atoms with Crippen molar-refractivity contribution >= 4 is 15.9 Å². The molecule has 1 fully saturated rings. The topological polar surface area (TPSA) is 115 Å². The molecular weight excluding hydrogens is 487 g/mol. The minimum absolute atomic E-state index is 0.102. The third kappa shape index (κ3) is 6.79. The minimum atomic E-state index is -3.66. The lowest BCUT2D eigenvalue weighted by Crippen LogP contribution is -2.29. The molecule has 0 unspecified atom stereocenters. The maximum atomic E-state index is 14.4. The first-order valence-electron chi connectivity index (χ1n) is 11.5. The van der Waals surface area contributed by atoms with Gasteiger partial charge in [-0.2, -0.15) is 0 Å². The molecular formula is C26H27FN2O6S. The Kier molecular flexibility index (Phi) is 7.85. The lowest BCUT2D eigenvalue weighted by molar-refractivity contribution is 0.0981. The lowest BCUT2D eigenvalue weighted by Gasteiger charge is -2.25. The van der Waals surface area contributed by atoms with Crippen LogP contribution in [-0.4, -0.2) is 37.3 Å². The smallest absolute Gasteiger partial charge is 0.264 e. The van der Waals surface area contributed by atoms with Crippen LogP contribution in [0.4, 0.5) is 4.39 Å². The van der Waals surface area contributed by atoms with Gasteiger partial charge in [-0.3, -0.25) is 4.79 Å². The monoisotopic (exact) mass is 514 g/mol. The maximum absolute atomic E-state index is 14.4. The van der Waals surface area contributed by atoms with E-state index in [1.165, 1.54) is 30.7 Å². The molecule has 0 bridgehead atoms. The van der Waals surface area contributed by atoms with Gasteiger partial charge in [0.1, 0.15) is 18.2 Å². The molecule has 0 aliphatic heterocycles. The van der Waals surface area contributed by atoms with Crippen molar-refractivity contribution in [2.75, 3.05) is 12.9 Å². The first kappa shape index (κ1) is 25.6. The average Bonchev–Trinajstić information content (AvgIpc) is 2.80. The van der Waals surface area contributed by atoms with Crippen molar-refractivity contribution in [1.82, 2.24) is 9.71 Å². The highest BCUT2D eigenvalue weighted by molar-refractivity contribution is 7.89. The normalized spacial score (nSPS) is 13.6. The predicted octanol–water partition coefficient (Wildman–Crippen LogP) is 3.83. The molecule has 4 rings (SSSR count). The standard InChI is InChI=1S/C26H27FN2O6S/c1-36(32,33)29-25(31)19-7-5-18(6-8-19)15-34-24-11-20(10-23(27)12-24)21-9-22(14-30)26(28-13-21)35-16-17-3-2-4-17/h5-13,17,30H,2-4,14-16H2,1H3,(H,29,31). The SMILES string of the molecule is CS(=O)(=O)NC(=O)c1ccc(COc2cc(F)cc(-c3cnc(OCC4CCC4)c(CO)c3)c2)cc1. The third-order valence-electron chi connectivity index (χ3n) is 5.88. The zero-order valence-electron chi connectivity index (χ0n) is 19.7. The molecule has 8 nitrogen and oxygen atoms in total. The van der Waals surface area contributed by atoms with E-state index in [0.29, 0.717) is 46.4 Å². The number of ether oxygens (including phenoxy) is 2. The quantitative estimate of drug-likeness (QED) is 0.423. The number of amides is 1. The van der Waals surface area contributed by atoms with Crippen LogP contribution in [0.2, 0.25) is 0 Å². The Bertz CT molecular complexity index is 1340. The molecule has 1 aliphatic rings. The van der Waals surface area contributed by atoms with Crippen molar-refractivity contribution < 1.29 is 32.2 Å². The van der Waals surface area contributed by atoms with Gasteiger partial charge in [0.15, 0.2) is 0 Å². The summed E-state index contributed by atoms with van der Waals surface area (Å²) in [7, 11) is -3.66. The van der Waals surface area contributed by atoms with E-state index >= 15 is 0 Å². The number of aliphatic hydroxyl groups is 1. The van der Waals surface area contributed by atoms with Gasteiger partial charge < -0.3 is 14.6 Å². The first-order chi connectivity index (χ1) is 17.2. The van der Waals surface area contributed by atoms with E-state index in [9.17, 15) is 22.7 Å². The average molecular weight is 515 g/mol. The van der Waals surface area contributed by atoms with E-state index < -0.39 is 21.7 Å². The van der Waals surface area contributed by atoms with Crippen LogP contribution < -0.4 is 14.2 Å². The number of nitrogens with one attached hydrogen (secondary N) is 1. The second-order valence-corrected chi connectivity index (χ2v) is 10.6. The van der Waals surface area contributed by atoms with Crippen LogP contribution in [0, 0.1) is 11.7 Å². The highest BCUT2D eigenvalue weighted by Crippen LogP contribution is 2.31. The molecule has 0 radical (unpaired) electrons. The van der Waals surface area contributed by atoms with Crippen molar-refractivity contribution in [3.05, 3.63) is 77.2 Å². The van der Waals surface area contributed by atoms with E-state index in [4.69, 9.17) is 9.47 Å². The molecule has 2 N–H and O–H groups in total. The fourth-order valence-corrected chi connectivity index (χ4v) is 4.17. The number of halogens is 1. The molecule has 2 aromatic carbocycles. The summed E-state index contributed by atoms with van der Waals surface area (Å²) < 4.78 is 50.2. The van der Waals surface area contributed by atoms with Crippen LogP contribution in [0.1, 0.15) is 40.7 Å². The van der Waals surface area contributed by atoms with Crippen LogP contribution >= 0.6 is 0 Å². The van der Waals surface area contributed by atoms with Crippen LogP contribution in [-0.2, 0) is 23.2 Å². The number of hydrogen-bond acceptors (Lipinski definition) is 7. The van der Waals surface area contributed by atoms with E-state index in [1.807, 2.05) is 4.72 Å². The number of hydrogen-bond donors (Lipinski definition) is 2. The van der Waals surface area contributed by atoms with Gasteiger partial charge in [0.05, 0.1) is 19.5 Å². The first-order valence-corrected chi connectivity index (χ1v) is 13.4. The highest BCUT2D eigenvalue weighted by Gasteiger charge is 2.19. The molecule has 36 heavy (non-hydrogen) atoms. The van der Waals surface area contributed by atoms with E-state index in [-0.39, 0.29) is 18.8 Å². The van der Waals surface area contributed by atoms with Gasteiger partial charge in [-0.05, 0) is 60.2 Å². The fraction of sp³-hybridized carbons (Fsp3) is 0.308. The zero-order valence-corrected chi connectivity index (χ0v) is 20.6. The molecule has 0 saturated heterocycles. The Morgan fingerprint density at radius 3 is 2.50 bits per heavy atom. The summed E-state index contributed by atoms with van der Waals surface area (Å²) in [6.07, 6.45) is 5.97. The van der Waals surface area contributed by atoms with Gasteiger partial charge in [-0.25, -0.2) is 22.5 Å². The van der Waals surface area contributed by atoms with Crippen LogP contribution in [0.3, 0.4) is 0 Å². The number of pyridine rings is 1. The number of aromatic nitrogens is 1. The number of benzene rings is 2. The number of sulfonamides is 1. The zero-order chi connectivity index (χ0) is 25.7. The highest BCUT2D eigenvalue weighted by atomic mass is 32.2. The van der Waals surface area contributed by atoms with Crippen molar-refractivity contribution in [3.63, 3.8) is 0 Å². The van der Waals surface area contributed by atoms with Gasteiger partial charge in [-0.15, -0.1) is 0 Å². The summed E-state index contributed by atoms with van der Waals surface area (Å²) in [4.78, 5) is 16.3. The van der Waals surface area contributed by atoms with Gasteiger partial charge in [-0.1, -0.05) is 18.6 Å². The van der Waals surface area contributed by atoms with Crippen LogP contribution in [0.25, 0.3) is 11.1 Å². The Balaban J connectivity index is 1.43. The molecule has 1 aromatic heterocycles. The Labute approximate surface area is 209 Å². The summed E-state index contributed by atoms with van der Waals surface area (Å²) >= 11 is 0. The second kappa shape index (κ2) is 11.0. The van der Waals surface area contributed by atoms with Crippen LogP contribution in [0.15, 0.2) is 54.7 Å². The van der Waals surface area contributed by atoms with Crippen molar-refractivity contribution in [2.45, 2.75) is 32.5 Å². The summed E-state index contributed by atoms with van der Waals surface area (Å²) in [5, 5.41) is 9.78. The van der Waals surface area contributed by atoms with Gasteiger partial charge in [0, 0.05) is 29.0 Å². The van der Waals surface area contributed by atoms with Gasteiger partial charge in [0.25, 0.3) is 5.91 Å². The third-order valence-corrected chi connectivity index (χ3v) is 6.44. The van der Waals surface area contributed by atoms with Crippen molar-refractivity contribution in [2.24, 2.45) is 5.92 Å². The summed E-state index contributed by atoms with van der Waals surface area (Å²) in [5.41, 5.74) is 2.56. The van der Waals surface area contributed by atoms with E-state index in [1.54, 1.807) is 30.5 Å². The summed E-state index contributed by atoms with van der Waals surface area (Å²) in [6, 6.07) is 12.2. The molecule has 1 heterocycles. The number of carbonyl (C=O) groups excluding carboxylic acids is 1. The molecule has 1 amide bonds. The molecule has 10 heteroatoms. The fourth-order valence-electron chi connectivity index (χ4n) is 3.71. The lowest BCUT2D eigenvalue weighted by atomic mass is 9.86. The Morgan fingerprint density at radius 1 is 1.11 bits per heavy atom. The molecule has 190 valence electrons. The van der Waals surface area contributed by atoms with Crippen LogP contribution in [0.5, 0.6) is 11.6 Å². The molecule has 0 spiro atoms. The Morgan fingerprint density at radius 2 is 1.86 bits per heavy atom. The number of carbonyl (C=O) groups is 1. The van der Waals surface area contributed by atoms with Crippen molar-refractivity contribution in [1.29, 1.82) is 0 Å². The summed E-state index contributed by atoms with van der Waals surface area (Å²) in [6.45, 7) is 0.420. The second-order valence-electron chi connectivity index (χ2n) is 8.82. The molecule has 1 saturated carbocycles. The van der Waals surface area contributed by atoms with E-state index in [2.05, 4.69) is 4.98 Å². The van der Waals surface area contributed by atoms with Crippen molar-refractivity contribution in [3.8, 4) is 22.8 Å². The molecule has 0 atom stereocenters. The number of nitrogens with zero attached hydrogens (tertiary/aromatic N) is 1. The van der Waals surface area contributed by atoms with Gasteiger partial charge in [0.2, 0.25) is 15.9 Å².